The molecule has 2 aliphatic heterocycles. The molecule has 1 atom stereocenters. The maximum absolute atomic E-state index is 12.0. The van der Waals surface area contributed by atoms with Crippen LogP contribution in [-0.2, 0) is 10.0 Å². The van der Waals surface area contributed by atoms with Gasteiger partial charge in [0.05, 0.1) is 0 Å². The Labute approximate surface area is 125 Å². The zero-order chi connectivity index (χ0) is 13.5. The highest BCUT2D eigenvalue weighted by molar-refractivity contribution is 7.90. The first-order valence-electron chi connectivity index (χ1n) is 6.47. The first kappa shape index (κ1) is 15.3. The fourth-order valence-electron chi connectivity index (χ4n) is 2.68. The van der Waals surface area contributed by atoms with Gasteiger partial charge in [-0.1, -0.05) is 12.1 Å². The maximum Gasteiger partial charge on any atom is 0.285 e. The van der Waals surface area contributed by atoms with E-state index in [9.17, 15) is 8.42 Å². The summed E-state index contributed by atoms with van der Waals surface area (Å²) in [7, 11) is -1.59. The van der Waals surface area contributed by atoms with Crippen LogP contribution in [0.4, 0.5) is 0 Å². The molecule has 5 nitrogen and oxygen atoms in total. The van der Waals surface area contributed by atoms with Crippen LogP contribution in [0.15, 0.2) is 33.6 Å². The van der Waals surface area contributed by atoms with Gasteiger partial charge in [0.2, 0.25) is 0 Å². The Morgan fingerprint density at radius 1 is 1.35 bits per heavy atom. The molecule has 0 spiro atoms. The van der Waals surface area contributed by atoms with Gasteiger partial charge < -0.3 is 10.2 Å². The number of rotatable bonds is 1. The van der Waals surface area contributed by atoms with E-state index in [0.29, 0.717) is 16.8 Å². The summed E-state index contributed by atoms with van der Waals surface area (Å²) in [6.45, 7) is 1.91. The highest BCUT2D eigenvalue weighted by Gasteiger charge is 2.32. The van der Waals surface area contributed by atoms with Gasteiger partial charge in [0.1, 0.15) is 4.90 Å². The lowest BCUT2D eigenvalue weighted by Crippen LogP contribution is -2.46. The van der Waals surface area contributed by atoms with Crippen LogP contribution in [-0.4, -0.2) is 45.3 Å². The Morgan fingerprint density at radius 3 is 2.80 bits per heavy atom. The van der Waals surface area contributed by atoms with E-state index in [0.717, 1.165) is 31.5 Å². The van der Waals surface area contributed by atoms with E-state index < -0.39 is 10.0 Å². The van der Waals surface area contributed by atoms with E-state index in [1.807, 2.05) is 24.1 Å². The summed E-state index contributed by atoms with van der Waals surface area (Å²) in [5.41, 5.74) is 0.718. The number of benzene rings is 1. The molecule has 0 bridgehead atoms. The lowest BCUT2D eigenvalue weighted by molar-refractivity contribution is 0.294. The monoisotopic (exact) mass is 315 g/mol. The van der Waals surface area contributed by atoms with Gasteiger partial charge in [-0.2, -0.15) is 8.42 Å². The number of nitrogens with zero attached hydrogens (tertiary/aromatic N) is 2. The van der Waals surface area contributed by atoms with E-state index in [4.69, 9.17) is 0 Å². The molecule has 110 valence electrons. The van der Waals surface area contributed by atoms with Crippen molar-refractivity contribution in [3.63, 3.8) is 0 Å². The minimum atomic E-state index is -3.51. The smallest absolute Gasteiger partial charge is 0.285 e. The quantitative estimate of drug-likeness (QED) is 0.847. The second kappa shape index (κ2) is 5.71. The molecular formula is C13H18ClN3O2S. The van der Waals surface area contributed by atoms with Crippen LogP contribution in [0.5, 0.6) is 0 Å². The van der Waals surface area contributed by atoms with Crippen molar-refractivity contribution in [2.75, 3.05) is 20.1 Å². The molecule has 0 saturated carbocycles. The predicted octanol–water partition coefficient (Wildman–Crippen LogP) is 1.24. The van der Waals surface area contributed by atoms with Crippen LogP contribution in [0.2, 0.25) is 0 Å². The van der Waals surface area contributed by atoms with Gasteiger partial charge in [0, 0.05) is 25.2 Å². The summed E-state index contributed by atoms with van der Waals surface area (Å²) in [5, 5.41) is 3.34. The van der Waals surface area contributed by atoms with E-state index in [-0.39, 0.29) is 12.4 Å². The molecule has 3 rings (SSSR count). The minimum Gasteiger partial charge on any atom is -0.354 e. The van der Waals surface area contributed by atoms with E-state index >= 15 is 0 Å². The van der Waals surface area contributed by atoms with Gasteiger partial charge in [-0.3, -0.25) is 0 Å². The highest BCUT2D eigenvalue weighted by Crippen LogP contribution is 2.28. The summed E-state index contributed by atoms with van der Waals surface area (Å²) in [5.74, 6) is 0.573. The van der Waals surface area contributed by atoms with Gasteiger partial charge >= 0.3 is 0 Å². The Bertz CT molecular complexity index is 624. The highest BCUT2D eigenvalue weighted by atomic mass is 35.5. The van der Waals surface area contributed by atoms with E-state index in [1.165, 1.54) is 0 Å². The van der Waals surface area contributed by atoms with Crippen LogP contribution in [0.3, 0.4) is 0 Å². The Morgan fingerprint density at radius 2 is 2.10 bits per heavy atom. The molecule has 2 heterocycles. The van der Waals surface area contributed by atoms with Crippen molar-refractivity contribution in [1.29, 1.82) is 0 Å². The Kier molecular flexibility index (Phi) is 4.36. The minimum absolute atomic E-state index is 0. The molecule has 2 aliphatic rings. The third-order valence-corrected chi connectivity index (χ3v) is 5.09. The third-order valence-electron chi connectivity index (χ3n) is 3.77. The fraction of sp³-hybridized carbons (Fsp3) is 0.462. The van der Waals surface area contributed by atoms with Gasteiger partial charge in [-0.05, 0) is 31.5 Å². The molecule has 1 N–H and O–H groups in total. The normalized spacial score (nSPS) is 23.4. The van der Waals surface area contributed by atoms with Crippen molar-refractivity contribution in [3.8, 4) is 0 Å². The number of hydrogen-bond donors (Lipinski definition) is 1. The zero-order valence-electron chi connectivity index (χ0n) is 11.2. The summed E-state index contributed by atoms with van der Waals surface area (Å²) in [6.07, 6.45) is 2.17. The topological polar surface area (TPSA) is 61.8 Å². The molecule has 1 fully saturated rings. The summed E-state index contributed by atoms with van der Waals surface area (Å²) < 4.78 is 28.0. The second-order valence-electron chi connectivity index (χ2n) is 5.00. The predicted molar refractivity (Wildman–Crippen MR) is 81.1 cm³/mol. The van der Waals surface area contributed by atoms with Crippen molar-refractivity contribution in [2.45, 2.75) is 23.8 Å². The summed E-state index contributed by atoms with van der Waals surface area (Å²) >= 11 is 0. The number of amidine groups is 1. The lowest BCUT2D eigenvalue weighted by Gasteiger charge is -2.33. The van der Waals surface area contributed by atoms with E-state index in [2.05, 4.69) is 9.71 Å². The van der Waals surface area contributed by atoms with Crippen LogP contribution in [0.1, 0.15) is 18.4 Å². The molecule has 0 radical (unpaired) electrons. The summed E-state index contributed by atoms with van der Waals surface area (Å²) in [4.78, 5) is 2.32. The number of hydrogen-bond acceptors (Lipinski definition) is 4. The average molecular weight is 316 g/mol. The maximum atomic E-state index is 12.0. The first-order valence-corrected chi connectivity index (χ1v) is 7.91. The molecule has 0 amide bonds. The standard InChI is InChI=1S/C13H17N3O2S.ClH/c1-16(10-5-4-8-14-9-10)13-11-6-2-3-7-12(11)19(17,18)15-13;/h2-3,6-7,10,14H,4-5,8-9H2,1H3;1H/t10-;/m0./s1. The van der Waals surface area contributed by atoms with Gasteiger partial charge in [0.25, 0.3) is 10.0 Å². The van der Waals surface area contributed by atoms with Gasteiger partial charge in [-0.25, -0.2) is 0 Å². The van der Waals surface area contributed by atoms with E-state index in [1.54, 1.807) is 12.1 Å². The number of likely N-dealkylation sites (N-methyl/N-ethyl adjacent to an activating group) is 1. The number of fused-ring (bicyclic) bond motifs is 1. The Balaban J connectivity index is 0.00000147. The van der Waals surface area contributed by atoms with Crippen molar-refractivity contribution in [2.24, 2.45) is 4.40 Å². The van der Waals surface area contributed by atoms with Crippen molar-refractivity contribution in [1.82, 2.24) is 10.2 Å². The zero-order valence-corrected chi connectivity index (χ0v) is 12.9. The Hall–Kier alpha value is -1.11. The molecule has 0 aromatic heterocycles. The number of nitrogens with one attached hydrogen (secondary N) is 1. The molecule has 7 heteroatoms. The third kappa shape index (κ3) is 2.55. The van der Waals surface area contributed by atoms with Crippen molar-refractivity contribution < 1.29 is 8.42 Å². The van der Waals surface area contributed by atoms with Crippen LogP contribution >= 0.6 is 12.4 Å². The van der Waals surface area contributed by atoms with Crippen LogP contribution in [0.25, 0.3) is 0 Å². The largest absolute Gasteiger partial charge is 0.354 e. The average Bonchev–Trinajstić information content (AvgIpc) is 2.72. The first-order chi connectivity index (χ1) is 9.09. The molecule has 1 aromatic rings. The van der Waals surface area contributed by atoms with Crippen molar-refractivity contribution >= 4 is 28.3 Å². The fourth-order valence-corrected chi connectivity index (χ4v) is 3.92. The SMILES string of the molecule is CN(C1=NS(=O)(=O)c2ccccc21)[C@H]1CCCNC1.Cl. The second-order valence-corrected chi connectivity index (χ2v) is 6.57. The number of sulfonamides is 1. The number of piperidine rings is 1. The molecule has 0 aliphatic carbocycles. The van der Waals surface area contributed by atoms with Crippen LogP contribution < -0.4 is 5.32 Å². The molecular weight excluding hydrogens is 298 g/mol. The van der Waals surface area contributed by atoms with Gasteiger partial charge in [0.15, 0.2) is 5.84 Å². The van der Waals surface area contributed by atoms with Crippen molar-refractivity contribution in [3.05, 3.63) is 29.8 Å². The van der Waals surface area contributed by atoms with Gasteiger partial charge in [-0.15, -0.1) is 16.8 Å². The molecule has 0 unspecified atom stereocenters. The summed E-state index contributed by atoms with van der Waals surface area (Å²) in [6, 6.07) is 7.33. The number of halogens is 1. The van der Waals surface area contributed by atoms with Crippen LogP contribution in [0, 0.1) is 0 Å². The lowest BCUT2D eigenvalue weighted by atomic mass is 10.0. The molecule has 1 aromatic carbocycles. The molecule has 1 saturated heterocycles. The molecule has 20 heavy (non-hydrogen) atoms.